The fraction of sp³-hybridized carbons (Fsp3) is 0.188. The number of ether oxygens (including phenoxy) is 1. The van der Waals surface area contributed by atoms with Gasteiger partial charge < -0.3 is 4.74 Å². The van der Waals surface area contributed by atoms with Gasteiger partial charge in [0.2, 0.25) is 0 Å². The van der Waals surface area contributed by atoms with Crippen molar-refractivity contribution < 1.29 is 9.53 Å². The van der Waals surface area contributed by atoms with Crippen LogP contribution in [0.1, 0.15) is 28.4 Å². The minimum atomic E-state index is -0.318. The number of hydrogen-bond acceptors (Lipinski definition) is 2. The molecule has 0 bridgehead atoms. The molecule has 0 fully saturated rings. The number of rotatable bonds is 5. The largest absolute Gasteiger partial charge is 0.376 e. The number of methoxy groups -OCH3 is 1. The van der Waals surface area contributed by atoms with E-state index in [1.165, 1.54) is 0 Å². The summed E-state index contributed by atoms with van der Waals surface area (Å²) in [6.07, 6.45) is -0.0362. The van der Waals surface area contributed by atoms with Gasteiger partial charge in [-0.1, -0.05) is 60.1 Å². The van der Waals surface area contributed by atoms with Gasteiger partial charge in [-0.05, 0) is 11.6 Å². The summed E-state index contributed by atoms with van der Waals surface area (Å²) >= 11 is 6.14. The molecule has 0 aliphatic heterocycles. The minimum absolute atomic E-state index is 0.0485. The van der Waals surface area contributed by atoms with E-state index in [0.717, 1.165) is 5.56 Å². The number of Topliss-reactive ketones (excluding diaryl/α,β-unsaturated/α-hetero) is 1. The summed E-state index contributed by atoms with van der Waals surface area (Å²) in [5.41, 5.74) is 1.53. The molecule has 2 nitrogen and oxygen atoms in total. The maximum atomic E-state index is 12.2. The lowest BCUT2D eigenvalue weighted by molar-refractivity contribution is 0.0731. The van der Waals surface area contributed by atoms with Gasteiger partial charge >= 0.3 is 0 Å². The predicted molar refractivity (Wildman–Crippen MR) is 76.6 cm³/mol. The van der Waals surface area contributed by atoms with Gasteiger partial charge in [-0.25, -0.2) is 0 Å². The van der Waals surface area contributed by atoms with Crippen molar-refractivity contribution in [2.24, 2.45) is 0 Å². The average Bonchev–Trinajstić information content (AvgIpc) is 2.46. The molecule has 0 spiro atoms. The summed E-state index contributed by atoms with van der Waals surface area (Å²) in [5, 5.41) is 0.621. The normalized spacial score (nSPS) is 12.1. The van der Waals surface area contributed by atoms with Crippen molar-refractivity contribution in [3.8, 4) is 0 Å². The van der Waals surface area contributed by atoms with Gasteiger partial charge in [0, 0.05) is 24.1 Å². The molecule has 0 heterocycles. The second-order valence-electron chi connectivity index (χ2n) is 4.24. The fourth-order valence-electron chi connectivity index (χ4n) is 1.97. The Morgan fingerprint density at radius 2 is 1.74 bits per heavy atom. The van der Waals surface area contributed by atoms with Gasteiger partial charge in [-0.3, -0.25) is 4.79 Å². The van der Waals surface area contributed by atoms with E-state index in [-0.39, 0.29) is 18.3 Å². The van der Waals surface area contributed by atoms with Crippen LogP contribution < -0.4 is 0 Å². The number of halogens is 1. The SMILES string of the molecule is CO[C@@H](CC(=O)c1ccccc1)c1ccccc1Cl. The minimum Gasteiger partial charge on any atom is -0.376 e. The molecule has 98 valence electrons. The molecule has 0 aromatic heterocycles. The van der Waals surface area contributed by atoms with Crippen molar-refractivity contribution in [2.45, 2.75) is 12.5 Å². The first-order valence-corrected chi connectivity index (χ1v) is 6.45. The molecule has 2 aromatic carbocycles. The molecule has 3 heteroatoms. The van der Waals surface area contributed by atoms with Crippen LogP contribution in [0.25, 0.3) is 0 Å². The van der Waals surface area contributed by atoms with Crippen LogP contribution in [-0.2, 0) is 4.74 Å². The molecular formula is C16H15ClO2. The van der Waals surface area contributed by atoms with Crippen molar-refractivity contribution in [3.63, 3.8) is 0 Å². The van der Waals surface area contributed by atoms with Crippen molar-refractivity contribution in [3.05, 3.63) is 70.7 Å². The lowest BCUT2D eigenvalue weighted by Crippen LogP contribution is -2.09. The Labute approximate surface area is 118 Å². The lowest BCUT2D eigenvalue weighted by Gasteiger charge is -2.16. The number of hydrogen-bond donors (Lipinski definition) is 0. The molecule has 0 radical (unpaired) electrons. The van der Waals surface area contributed by atoms with Crippen LogP contribution in [-0.4, -0.2) is 12.9 Å². The second-order valence-corrected chi connectivity index (χ2v) is 4.65. The molecule has 2 rings (SSSR count). The lowest BCUT2D eigenvalue weighted by atomic mass is 10.00. The van der Waals surface area contributed by atoms with Crippen LogP contribution in [0.2, 0.25) is 5.02 Å². The third-order valence-electron chi connectivity index (χ3n) is 3.00. The third kappa shape index (κ3) is 3.43. The first-order chi connectivity index (χ1) is 9.22. The Morgan fingerprint density at radius 3 is 2.37 bits per heavy atom. The topological polar surface area (TPSA) is 26.3 Å². The summed E-state index contributed by atoms with van der Waals surface area (Å²) in [5.74, 6) is 0.0485. The summed E-state index contributed by atoms with van der Waals surface area (Å²) < 4.78 is 5.40. The van der Waals surface area contributed by atoms with Crippen LogP contribution in [0.3, 0.4) is 0 Å². The molecule has 2 aromatic rings. The number of benzene rings is 2. The zero-order valence-corrected chi connectivity index (χ0v) is 11.4. The van der Waals surface area contributed by atoms with E-state index in [0.29, 0.717) is 10.6 Å². The zero-order chi connectivity index (χ0) is 13.7. The van der Waals surface area contributed by atoms with Gasteiger partial charge in [-0.15, -0.1) is 0 Å². The standard InChI is InChI=1S/C16H15ClO2/c1-19-16(13-9-5-6-10-14(13)17)11-15(18)12-7-3-2-4-8-12/h2-10,16H,11H2,1H3/t16-/m0/s1. The highest BCUT2D eigenvalue weighted by molar-refractivity contribution is 6.31. The van der Waals surface area contributed by atoms with E-state index in [1.54, 1.807) is 13.2 Å². The Morgan fingerprint density at radius 1 is 1.11 bits per heavy atom. The first kappa shape index (κ1) is 13.8. The summed E-state index contributed by atoms with van der Waals surface area (Å²) in [7, 11) is 1.59. The molecule has 1 atom stereocenters. The highest BCUT2D eigenvalue weighted by Crippen LogP contribution is 2.28. The Hall–Kier alpha value is -1.64. The summed E-state index contributed by atoms with van der Waals surface area (Å²) in [4.78, 5) is 12.2. The molecule has 0 unspecified atom stereocenters. The molecule has 19 heavy (non-hydrogen) atoms. The summed E-state index contributed by atoms with van der Waals surface area (Å²) in [6, 6.07) is 16.6. The van der Waals surface area contributed by atoms with Crippen LogP contribution in [0.5, 0.6) is 0 Å². The first-order valence-electron chi connectivity index (χ1n) is 6.08. The van der Waals surface area contributed by atoms with Gasteiger partial charge in [0.15, 0.2) is 5.78 Å². The van der Waals surface area contributed by atoms with Crippen molar-refractivity contribution in [1.82, 2.24) is 0 Å². The quantitative estimate of drug-likeness (QED) is 0.760. The maximum Gasteiger partial charge on any atom is 0.165 e. The van der Waals surface area contributed by atoms with E-state index in [2.05, 4.69) is 0 Å². The number of ketones is 1. The average molecular weight is 275 g/mol. The van der Waals surface area contributed by atoms with E-state index in [1.807, 2.05) is 48.5 Å². The van der Waals surface area contributed by atoms with Gasteiger partial charge in [-0.2, -0.15) is 0 Å². The number of carbonyl (C=O) groups is 1. The van der Waals surface area contributed by atoms with E-state index in [9.17, 15) is 4.79 Å². The van der Waals surface area contributed by atoms with E-state index in [4.69, 9.17) is 16.3 Å². The zero-order valence-electron chi connectivity index (χ0n) is 10.7. The van der Waals surface area contributed by atoms with Crippen LogP contribution in [0.15, 0.2) is 54.6 Å². The highest BCUT2D eigenvalue weighted by atomic mass is 35.5. The summed E-state index contributed by atoms with van der Waals surface area (Å²) in [6.45, 7) is 0. The molecule has 0 saturated carbocycles. The van der Waals surface area contributed by atoms with Crippen molar-refractivity contribution in [2.75, 3.05) is 7.11 Å². The highest BCUT2D eigenvalue weighted by Gasteiger charge is 2.18. The smallest absolute Gasteiger partial charge is 0.165 e. The third-order valence-corrected chi connectivity index (χ3v) is 3.35. The van der Waals surface area contributed by atoms with Crippen LogP contribution >= 0.6 is 11.6 Å². The molecule has 0 saturated heterocycles. The van der Waals surface area contributed by atoms with Crippen molar-refractivity contribution in [1.29, 1.82) is 0 Å². The fourth-order valence-corrected chi connectivity index (χ4v) is 2.22. The predicted octanol–water partition coefficient (Wildman–Crippen LogP) is 4.30. The Balaban J connectivity index is 2.17. The molecule has 0 aliphatic carbocycles. The van der Waals surface area contributed by atoms with Crippen molar-refractivity contribution >= 4 is 17.4 Å². The van der Waals surface area contributed by atoms with Crippen LogP contribution in [0.4, 0.5) is 0 Å². The Kier molecular flexibility index (Phi) is 4.72. The molecule has 0 amide bonds. The van der Waals surface area contributed by atoms with E-state index < -0.39 is 0 Å². The molecule has 0 N–H and O–H groups in total. The van der Waals surface area contributed by atoms with Gasteiger partial charge in [0.05, 0.1) is 6.10 Å². The number of carbonyl (C=O) groups excluding carboxylic acids is 1. The van der Waals surface area contributed by atoms with Crippen LogP contribution in [0, 0.1) is 0 Å². The second kappa shape index (κ2) is 6.50. The van der Waals surface area contributed by atoms with Gasteiger partial charge in [0.1, 0.15) is 0 Å². The maximum absolute atomic E-state index is 12.2. The molecule has 0 aliphatic rings. The van der Waals surface area contributed by atoms with E-state index >= 15 is 0 Å². The monoisotopic (exact) mass is 274 g/mol. The van der Waals surface area contributed by atoms with Gasteiger partial charge in [0.25, 0.3) is 0 Å². The molecular weight excluding hydrogens is 260 g/mol. The Bertz CT molecular complexity index is 552.